The minimum atomic E-state index is -2.56. The van der Waals surface area contributed by atoms with E-state index in [0.29, 0.717) is 15.4 Å². The molecule has 2 aromatic rings. The van der Waals surface area contributed by atoms with Gasteiger partial charge < -0.3 is 50.1 Å². The number of fused-ring (bicyclic) bond motifs is 1. The molecule has 11 nitrogen and oxygen atoms in total. The number of halogens is 1. The van der Waals surface area contributed by atoms with Crippen LogP contribution in [0.1, 0.15) is 13.3 Å². The van der Waals surface area contributed by atoms with Gasteiger partial charge in [0.2, 0.25) is 5.91 Å². The molecule has 0 radical (unpaired) electrons. The van der Waals surface area contributed by atoms with Crippen molar-refractivity contribution in [3.8, 4) is 5.75 Å². The summed E-state index contributed by atoms with van der Waals surface area (Å²) in [6.07, 6.45) is -6.07. The van der Waals surface area contributed by atoms with Crippen LogP contribution in [0, 0.1) is 0 Å². The van der Waals surface area contributed by atoms with Gasteiger partial charge in [0.15, 0.2) is 0 Å². The standard InChI is InChI=1S/C19H23BrN2O9.Na/c1-8(24)22-15-12(25)5-19(18(28)29,31-17(15)16(27)13(26)7-23)30-14-6-21-11-3-2-9(20)4-10(11)14;/h2-4,6,12-13,15-17,21,23,25-27H,5,7H2,1H3,(H,22,24)(H,28,29);/q;+1/p-1/t12?,13-,15-,16+,17?,19-;/m1./s1. The first kappa shape index (κ1) is 27.0. The second-order valence-corrected chi connectivity index (χ2v) is 8.22. The van der Waals surface area contributed by atoms with E-state index in [-0.39, 0.29) is 35.3 Å². The average Bonchev–Trinajstić information content (AvgIpc) is 3.09. The number of aromatic nitrogens is 1. The molecule has 6 N–H and O–H groups in total. The van der Waals surface area contributed by atoms with Crippen molar-refractivity contribution in [2.24, 2.45) is 0 Å². The predicted molar refractivity (Wildman–Crippen MR) is 107 cm³/mol. The minimum Gasteiger partial charge on any atom is -0.543 e. The van der Waals surface area contributed by atoms with Crippen molar-refractivity contribution >= 4 is 38.7 Å². The molecule has 6 atom stereocenters. The molecule has 0 bridgehead atoms. The third-order valence-corrected chi connectivity index (χ3v) is 5.55. The number of hydrogen-bond acceptors (Lipinski definition) is 9. The molecule has 2 heterocycles. The summed E-state index contributed by atoms with van der Waals surface area (Å²) < 4.78 is 11.9. The number of aliphatic carboxylic acids is 1. The molecule has 2 unspecified atom stereocenters. The van der Waals surface area contributed by atoms with Gasteiger partial charge in [0, 0.05) is 34.9 Å². The maximum Gasteiger partial charge on any atom is 1.00 e. The Morgan fingerprint density at radius 3 is 2.72 bits per heavy atom. The van der Waals surface area contributed by atoms with Crippen molar-refractivity contribution in [1.82, 2.24) is 10.3 Å². The number of amides is 1. The van der Waals surface area contributed by atoms with Gasteiger partial charge >= 0.3 is 29.6 Å². The van der Waals surface area contributed by atoms with Crippen LogP contribution in [0.2, 0.25) is 0 Å². The van der Waals surface area contributed by atoms with E-state index in [1.165, 1.54) is 6.20 Å². The van der Waals surface area contributed by atoms with E-state index >= 15 is 0 Å². The van der Waals surface area contributed by atoms with Crippen LogP contribution in [0.3, 0.4) is 0 Å². The average molecular weight is 525 g/mol. The zero-order valence-corrected chi connectivity index (χ0v) is 20.9. The molecule has 13 heteroatoms. The van der Waals surface area contributed by atoms with E-state index in [4.69, 9.17) is 9.47 Å². The maximum absolute atomic E-state index is 12.1. The first-order valence-corrected chi connectivity index (χ1v) is 10.1. The van der Waals surface area contributed by atoms with Crippen LogP contribution < -0.4 is 44.7 Å². The Morgan fingerprint density at radius 2 is 2.12 bits per heavy atom. The summed E-state index contributed by atoms with van der Waals surface area (Å²) in [4.78, 5) is 26.6. The predicted octanol–water partition coefficient (Wildman–Crippen LogP) is -4.87. The fourth-order valence-corrected chi connectivity index (χ4v) is 3.91. The summed E-state index contributed by atoms with van der Waals surface area (Å²) in [7, 11) is 0. The van der Waals surface area contributed by atoms with Crippen molar-refractivity contribution in [2.75, 3.05) is 6.61 Å². The molecular weight excluding hydrogens is 503 g/mol. The number of hydrogen-bond donors (Lipinski definition) is 6. The fourth-order valence-electron chi connectivity index (χ4n) is 3.55. The van der Waals surface area contributed by atoms with Gasteiger partial charge in [0.05, 0.1) is 18.8 Å². The molecule has 0 spiro atoms. The quantitative estimate of drug-likeness (QED) is 0.193. The van der Waals surface area contributed by atoms with Crippen LogP contribution in [-0.4, -0.2) is 80.1 Å². The van der Waals surface area contributed by atoms with Gasteiger partial charge in [0.1, 0.15) is 30.0 Å². The molecule has 1 aliphatic heterocycles. The van der Waals surface area contributed by atoms with Crippen LogP contribution in [0.15, 0.2) is 28.9 Å². The van der Waals surface area contributed by atoms with Crippen molar-refractivity contribution in [3.05, 3.63) is 28.9 Å². The molecule has 1 aromatic carbocycles. The SMILES string of the molecule is CC(=O)N[C@@H]1C(O)C[C@](Oc2c[nH]c3ccc(Br)cc23)(C(=O)[O-])OC1[C@@H](O)[C@H](O)CO.[Na+]. The molecule has 1 amide bonds. The van der Waals surface area contributed by atoms with E-state index in [9.17, 15) is 35.1 Å². The summed E-state index contributed by atoms with van der Waals surface area (Å²) in [6, 6.07) is 3.87. The Hall–Kier alpha value is -1.22. The number of ether oxygens (including phenoxy) is 2. The number of benzene rings is 1. The van der Waals surface area contributed by atoms with E-state index in [1.54, 1.807) is 18.2 Å². The van der Waals surface area contributed by atoms with Crippen LogP contribution in [0.5, 0.6) is 5.75 Å². The number of carbonyl (C=O) groups is 2. The zero-order chi connectivity index (χ0) is 22.9. The Balaban J connectivity index is 0.00000363. The third kappa shape index (κ3) is 5.46. The number of nitrogens with one attached hydrogen (secondary N) is 2. The summed E-state index contributed by atoms with van der Waals surface area (Å²) in [5, 5.41) is 55.1. The van der Waals surface area contributed by atoms with Crippen LogP contribution in [-0.2, 0) is 14.3 Å². The van der Waals surface area contributed by atoms with Gasteiger partial charge in [-0.2, -0.15) is 0 Å². The van der Waals surface area contributed by atoms with E-state index in [0.717, 1.165) is 6.92 Å². The monoisotopic (exact) mass is 524 g/mol. The molecule has 1 aromatic heterocycles. The Morgan fingerprint density at radius 1 is 1.44 bits per heavy atom. The third-order valence-electron chi connectivity index (χ3n) is 5.05. The van der Waals surface area contributed by atoms with E-state index < -0.39 is 61.1 Å². The van der Waals surface area contributed by atoms with Crippen LogP contribution >= 0.6 is 15.9 Å². The smallest absolute Gasteiger partial charge is 0.543 e. The number of aliphatic hydroxyl groups excluding tert-OH is 4. The maximum atomic E-state index is 12.1. The molecule has 0 aliphatic carbocycles. The summed E-state index contributed by atoms with van der Waals surface area (Å²) >= 11 is 3.32. The summed E-state index contributed by atoms with van der Waals surface area (Å²) in [5.74, 6) is -4.92. The number of H-pyrrole nitrogens is 1. The van der Waals surface area contributed by atoms with Crippen molar-refractivity contribution in [2.45, 2.75) is 49.6 Å². The Kier molecular flexibility index (Phi) is 9.13. The van der Waals surface area contributed by atoms with Gasteiger partial charge in [-0.05, 0) is 18.2 Å². The number of carbonyl (C=O) groups excluding carboxylic acids is 2. The first-order chi connectivity index (χ1) is 14.6. The Labute approximate surface area is 213 Å². The molecule has 3 rings (SSSR count). The van der Waals surface area contributed by atoms with E-state index in [2.05, 4.69) is 26.2 Å². The fraction of sp³-hybridized carbons (Fsp3) is 0.474. The van der Waals surface area contributed by atoms with Gasteiger partial charge in [0.25, 0.3) is 5.79 Å². The van der Waals surface area contributed by atoms with Crippen molar-refractivity contribution in [3.63, 3.8) is 0 Å². The molecule has 1 saturated heterocycles. The number of rotatable bonds is 7. The molecule has 0 saturated carbocycles. The van der Waals surface area contributed by atoms with Crippen LogP contribution in [0.25, 0.3) is 10.9 Å². The van der Waals surface area contributed by atoms with Gasteiger partial charge in [-0.25, -0.2) is 0 Å². The molecule has 1 fully saturated rings. The molecule has 32 heavy (non-hydrogen) atoms. The van der Waals surface area contributed by atoms with Crippen molar-refractivity contribution < 1.29 is 74.2 Å². The molecule has 1 aliphatic rings. The van der Waals surface area contributed by atoms with E-state index in [1.807, 2.05) is 0 Å². The first-order valence-electron chi connectivity index (χ1n) is 9.35. The number of aliphatic hydroxyl groups is 4. The molecule has 170 valence electrons. The Bertz CT molecular complexity index is 973. The number of aromatic amines is 1. The number of carboxylic acid groups (broad SMARTS) is 1. The minimum absolute atomic E-state index is 0. The normalized spacial score (nSPS) is 27.2. The second kappa shape index (κ2) is 10.8. The number of carboxylic acids is 1. The van der Waals surface area contributed by atoms with Gasteiger partial charge in [-0.1, -0.05) is 15.9 Å². The van der Waals surface area contributed by atoms with Crippen LogP contribution in [0.4, 0.5) is 0 Å². The zero-order valence-electron chi connectivity index (χ0n) is 17.3. The second-order valence-electron chi connectivity index (χ2n) is 7.31. The largest absolute Gasteiger partial charge is 1.00 e. The van der Waals surface area contributed by atoms with Gasteiger partial charge in [-0.15, -0.1) is 0 Å². The van der Waals surface area contributed by atoms with Crippen molar-refractivity contribution in [1.29, 1.82) is 0 Å². The summed E-state index contributed by atoms with van der Waals surface area (Å²) in [6.45, 7) is 0.277. The van der Waals surface area contributed by atoms with Gasteiger partial charge in [-0.3, -0.25) is 4.79 Å². The topological polar surface area (TPSA) is 184 Å². The molecular formula is C19H22BrN2NaO9. The summed E-state index contributed by atoms with van der Waals surface area (Å²) in [5.41, 5.74) is 0.631.